The zero-order valence-corrected chi connectivity index (χ0v) is 15.6. The molecule has 2 N–H and O–H groups in total. The Labute approximate surface area is 150 Å². The highest BCUT2D eigenvalue weighted by Crippen LogP contribution is 2.37. The number of carbonyl (C=O) groups is 2. The van der Waals surface area contributed by atoms with Crippen LogP contribution in [0.3, 0.4) is 0 Å². The average Bonchev–Trinajstić information content (AvgIpc) is 2.84. The van der Waals surface area contributed by atoms with Crippen LogP contribution in [-0.2, 0) is 14.3 Å². The Hall–Kier alpha value is -1.46. The van der Waals surface area contributed by atoms with Crippen LogP contribution in [-0.4, -0.2) is 41.3 Å². The van der Waals surface area contributed by atoms with Crippen LogP contribution >= 0.6 is 0 Å². The Morgan fingerprint density at radius 1 is 1.16 bits per heavy atom. The van der Waals surface area contributed by atoms with Crippen molar-refractivity contribution in [1.82, 2.24) is 0 Å². The Morgan fingerprint density at radius 3 is 2.52 bits per heavy atom. The number of methoxy groups -OCH3 is 1. The molecule has 0 spiro atoms. The molecular weight excluding hydrogens is 320 g/mol. The lowest BCUT2D eigenvalue weighted by Crippen LogP contribution is -2.21. The molecule has 1 rings (SSSR count). The standard InChI is InChI=1S/C20H32O5/c1-4-5-6-7-15(21)9-11-17-16(18(22)13-19(17)23)10-8-14(2)12-20(24)25-3/h8,10,12,16-19,22-23H,4-7,9,11,13H2,1-3H3/t16-,17+,18-,19+/m0/s1. The number of hydrogen-bond acceptors (Lipinski definition) is 5. The van der Waals surface area contributed by atoms with Crippen molar-refractivity contribution in [3.8, 4) is 0 Å². The summed E-state index contributed by atoms with van der Waals surface area (Å²) in [4.78, 5) is 23.2. The molecule has 0 amide bonds. The van der Waals surface area contributed by atoms with Gasteiger partial charge < -0.3 is 14.9 Å². The third-order valence-electron chi connectivity index (χ3n) is 4.86. The zero-order valence-electron chi connectivity index (χ0n) is 15.6. The van der Waals surface area contributed by atoms with E-state index in [2.05, 4.69) is 11.7 Å². The number of unbranched alkanes of at least 4 members (excludes halogenated alkanes) is 2. The second-order valence-corrected chi connectivity index (χ2v) is 6.92. The molecule has 5 heteroatoms. The van der Waals surface area contributed by atoms with Crippen LogP contribution in [0.15, 0.2) is 23.8 Å². The molecule has 0 aromatic rings. The van der Waals surface area contributed by atoms with Crippen LogP contribution in [0.4, 0.5) is 0 Å². The topological polar surface area (TPSA) is 83.8 Å². The minimum atomic E-state index is -0.627. The van der Waals surface area contributed by atoms with Crippen molar-refractivity contribution in [2.45, 2.75) is 71.0 Å². The first-order valence-corrected chi connectivity index (χ1v) is 9.21. The van der Waals surface area contributed by atoms with Crippen LogP contribution in [0.2, 0.25) is 0 Å². The quantitative estimate of drug-likeness (QED) is 0.273. The maximum Gasteiger partial charge on any atom is 0.330 e. The van der Waals surface area contributed by atoms with E-state index in [4.69, 9.17) is 0 Å². The largest absolute Gasteiger partial charge is 0.466 e. The monoisotopic (exact) mass is 352 g/mol. The van der Waals surface area contributed by atoms with E-state index < -0.39 is 18.2 Å². The fourth-order valence-corrected chi connectivity index (χ4v) is 3.36. The van der Waals surface area contributed by atoms with Crippen LogP contribution in [0, 0.1) is 11.8 Å². The minimum absolute atomic E-state index is 0.132. The average molecular weight is 352 g/mol. The summed E-state index contributed by atoms with van der Waals surface area (Å²) < 4.78 is 4.58. The molecule has 0 unspecified atom stereocenters. The van der Waals surface area contributed by atoms with Gasteiger partial charge in [-0.2, -0.15) is 0 Å². The van der Waals surface area contributed by atoms with E-state index in [1.165, 1.54) is 13.2 Å². The van der Waals surface area contributed by atoms with Gasteiger partial charge in [-0.3, -0.25) is 4.79 Å². The summed E-state index contributed by atoms with van der Waals surface area (Å²) in [5.74, 6) is -0.540. The summed E-state index contributed by atoms with van der Waals surface area (Å²) in [5, 5.41) is 20.4. The molecule has 1 aliphatic rings. The molecule has 0 radical (unpaired) electrons. The third-order valence-corrected chi connectivity index (χ3v) is 4.86. The molecule has 25 heavy (non-hydrogen) atoms. The molecule has 0 aromatic carbocycles. The van der Waals surface area contributed by atoms with Crippen molar-refractivity contribution < 1.29 is 24.5 Å². The van der Waals surface area contributed by atoms with Gasteiger partial charge in [0.25, 0.3) is 0 Å². The van der Waals surface area contributed by atoms with Gasteiger partial charge in [-0.15, -0.1) is 0 Å². The van der Waals surface area contributed by atoms with Crippen LogP contribution in [0.5, 0.6) is 0 Å². The number of rotatable bonds is 10. The SMILES string of the molecule is CCCCCC(=O)CC[C@@H]1[C@H](C=CC(C)=CC(=O)OC)[C@@H](O)C[C@H]1O. The summed E-state index contributed by atoms with van der Waals surface area (Å²) in [6.45, 7) is 3.88. The van der Waals surface area contributed by atoms with E-state index in [0.717, 1.165) is 24.8 Å². The molecule has 1 fully saturated rings. The van der Waals surface area contributed by atoms with Crippen molar-refractivity contribution in [3.63, 3.8) is 0 Å². The van der Waals surface area contributed by atoms with Crippen molar-refractivity contribution in [2.75, 3.05) is 7.11 Å². The van der Waals surface area contributed by atoms with Crippen molar-refractivity contribution >= 4 is 11.8 Å². The van der Waals surface area contributed by atoms with Crippen molar-refractivity contribution in [3.05, 3.63) is 23.8 Å². The van der Waals surface area contributed by atoms with E-state index in [9.17, 15) is 19.8 Å². The normalized spacial score (nSPS) is 27.0. The number of carbonyl (C=O) groups excluding carboxylic acids is 2. The molecule has 0 saturated heterocycles. The van der Waals surface area contributed by atoms with Gasteiger partial charge in [0.15, 0.2) is 0 Å². The number of ketones is 1. The number of allylic oxidation sites excluding steroid dienone is 2. The Kier molecular flexibility index (Phi) is 9.68. The molecule has 0 aliphatic heterocycles. The van der Waals surface area contributed by atoms with Gasteiger partial charge in [0.1, 0.15) is 5.78 Å². The molecule has 0 heterocycles. The van der Waals surface area contributed by atoms with Gasteiger partial charge in [0.2, 0.25) is 0 Å². The van der Waals surface area contributed by atoms with E-state index in [-0.39, 0.29) is 17.6 Å². The highest BCUT2D eigenvalue weighted by Gasteiger charge is 2.39. The predicted octanol–water partition coefficient (Wildman–Crippen LogP) is 2.95. The lowest BCUT2D eigenvalue weighted by Gasteiger charge is -2.20. The summed E-state index contributed by atoms with van der Waals surface area (Å²) >= 11 is 0. The molecule has 0 aromatic heterocycles. The summed E-state index contributed by atoms with van der Waals surface area (Å²) in [6.07, 6.45) is 8.77. The van der Waals surface area contributed by atoms with E-state index in [1.54, 1.807) is 13.0 Å². The molecule has 1 saturated carbocycles. The van der Waals surface area contributed by atoms with E-state index in [0.29, 0.717) is 25.7 Å². The Balaban J connectivity index is 2.62. The number of hydrogen-bond donors (Lipinski definition) is 2. The Bertz CT molecular complexity index is 494. The summed E-state index contributed by atoms with van der Waals surface area (Å²) in [6, 6.07) is 0. The van der Waals surface area contributed by atoms with Crippen LogP contribution < -0.4 is 0 Å². The van der Waals surface area contributed by atoms with Gasteiger partial charge in [0, 0.05) is 31.3 Å². The number of Topliss-reactive ketones (excluding diaryl/α,β-unsaturated/α-hetero) is 1. The zero-order chi connectivity index (χ0) is 18.8. The number of aliphatic hydroxyl groups is 2. The lowest BCUT2D eigenvalue weighted by molar-refractivity contribution is -0.134. The fourth-order valence-electron chi connectivity index (χ4n) is 3.36. The first kappa shape index (κ1) is 21.6. The number of aliphatic hydroxyl groups excluding tert-OH is 2. The second kappa shape index (κ2) is 11.2. The lowest BCUT2D eigenvalue weighted by atomic mass is 9.87. The first-order valence-electron chi connectivity index (χ1n) is 9.21. The number of esters is 1. The second-order valence-electron chi connectivity index (χ2n) is 6.92. The van der Waals surface area contributed by atoms with Gasteiger partial charge >= 0.3 is 5.97 Å². The molecule has 0 bridgehead atoms. The van der Waals surface area contributed by atoms with Crippen molar-refractivity contribution in [1.29, 1.82) is 0 Å². The predicted molar refractivity (Wildman–Crippen MR) is 96.9 cm³/mol. The molecule has 1 aliphatic carbocycles. The smallest absolute Gasteiger partial charge is 0.330 e. The van der Waals surface area contributed by atoms with E-state index in [1.807, 2.05) is 6.08 Å². The number of ether oxygens (including phenoxy) is 1. The fraction of sp³-hybridized carbons (Fsp3) is 0.700. The maximum atomic E-state index is 12.0. The highest BCUT2D eigenvalue weighted by atomic mass is 16.5. The first-order chi connectivity index (χ1) is 11.9. The highest BCUT2D eigenvalue weighted by molar-refractivity contribution is 5.83. The summed E-state index contributed by atoms with van der Waals surface area (Å²) in [7, 11) is 1.32. The Morgan fingerprint density at radius 2 is 1.88 bits per heavy atom. The molecule has 5 nitrogen and oxygen atoms in total. The van der Waals surface area contributed by atoms with Gasteiger partial charge in [-0.1, -0.05) is 31.9 Å². The van der Waals surface area contributed by atoms with Crippen LogP contribution in [0.25, 0.3) is 0 Å². The van der Waals surface area contributed by atoms with Crippen molar-refractivity contribution in [2.24, 2.45) is 11.8 Å². The maximum absolute atomic E-state index is 12.0. The van der Waals surface area contributed by atoms with Gasteiger partial charge in [0.05, 0.1) is 19.3 Å². The molecular formula is C20H32O5. The molecule has 4 atom stereocenters. The van der Waals surface area contributed by atoms with Gasteiger partial charge in [-0.25, -0.2) is 4.79 Å². The molecule has 142 valence electrons. The third kappa shape index (κ3) is 7.53. The summed E-state index contributed by atoms with van der Waals surface area (Å²) in [5.41, 5.74) is 0.717. The minimum Gasteiger partial charge on any atom is -0.466 e. The van der Waals surface area contributed by atoms with E-state index >= 15 is 0 Å². The van der Waals surface area contributed by atoms with Crippen LogP contribution in [0.1, 0.15) is 58.8 Å². The van der Waals surface area contributed by atoms with Gasteiger partial charge in [-0.05, 0) is 31.3 Å².